The van der Waals surface area contributed by atoms with E-state index < -0.39 is 37.0 Å². The maximum absolute atomic E-state index is 11.3. The Morgan fingerprint density at radius 1 is 0.971 bits per heavy atom. The fourth-order valence-electron chi connectivity index (χ4n) is 4.13. The molecule has 9 nitrogen and oxygen atoms in total. The van der Waals surface area contributed by atoms with Crippen molar-refractivity contribution in [3.63, 3.8) is 0 Å². The van der Waals surface area contributed by atoms with Gasteiger partial charge in [0, 0.05) is 23.6 Å². The average molecular weight is 470 g/mol. The van der Waals surface area contributed by atoms with Crippen LogP contribution in [-0.4, -0.2) is 55.6 Å². The third-order valence-electron chi connectivity index (χ3n) is 5.91. The quantitative estimate of drug-likeness (QED) is 0.227. The zero-order valence-corrected chi connectivity index (χ0v) is 19.0. The third kappa shape index (κ3) is 6.55. The van der Waals surface area contributed by atoms with Crippen LogP contribution in [0, 0.1) is 0 Å². The van der Waals surface area contributed by atoms with Crippen molar-refractivity contribution in [3.8, 4) is 0 Å². The van der Waals surface area contributed by atoms with Crippen molar-refractivity contribution < 1.29 is 28.8 Å². The largest absolute Gasteiger partial charge is 0.387 e. The lowest BCUT2D eigenvalue weighted by Crippen LogP contribution is -2.62. The molecule has 1 N–H and O–H groups in total. The number of rotatable bonds is 11. The van der Waals surface area contributed by atoms with Gasteiger partial charge in [0.05, 0.1) is 13.2 Å². The van der Waals surface area contributed by atoms with Gasteiger partial charge < -0.3 is 28.8 Å². The predicted octanol–water partition coefficient (Wildman–Crippen LogP) is 4.27. The summed E-state index contributed by atoms with van der Waals surface area (Å²) in [5.74, 6) is 0. The lowest BCUT2D eigenvalue weighted by molar-refractivity contribution is -0.367. The zero-order chi connectivity index (χ0) is 23.6. The van der Waals surface area contributed by atoms with E-state index in [4.69, 9.17) is 29.2 Å². The molecular weight excluding hydrogens is 438 g/mol. The highest BCUT2D eigenvalue weighted by Crippen LogP contribution is 2.35. The van der Waals surface area contributed by atoms with E-state index in [-0.39, 0.29) is 6.61 Å². The van der Waals surface area contributed by atoms with E-state index in [2.05, 4.69) is 10.0 Å². The number of ether oxygens (including phenoxy) is 5. The van der Waals surface area contributed by atoms with Crippen LogP contribution in [0.25, 0.3) is 10.4 Å². The molecular formula is C25H31N3O6. The molecule has 2 aliphatic rings. The maximum atomic E-state index is 11.3. The van der Waals surface area contributed by atoms with E-state index in [9.17, 15) is 5.11 Å². The molecule has 2 aromatic carbocycles. The van der Waals surface area contributed by atoms with Gasteiger partial charge in [0.2, 0.25) is 0 Å². The van der Waals surface area contributed by atoms with E-state index >= 15 is 0 Å². The van der Waals surface area contributed by atoms with Crippen LogP contribution in [0.4, 0.5) is 0 Å². The first kappa shape index (κ1) is 24.6. The summed E-state index contributed by atoms with van der Waals surface area (Å²) in [6, 6.07) is 19.4. The summed E-state index contributed by atoms with van der Waals surface area (Å²) in [5.41, 5.74) is 10.2. The van der Waals surface area contributed by atoms with Crippen LogP contribution < -0.4 is 0 Å². The molecule has 182 valence electrons. The fourth-order valence-corrected chi connectivity index (χ4v) is 4.13. The minimum atomic E-state index is -0.951. The minimum Gasteiger partial charge on any atom is -0.387 e. The first-order chi connectivity index (χ1) is 16.8. The van der Waals surface area contributed by atoms with Crippen molar-refractivity contribution in [2.75, 3.05) is 19.8 Å². The Labute approximate surface area is 199 Å². The molecule has 0 unspecified atom stereocenters. The van der Waals surface area contributed by atoms with Crippen molar-refractivity contribution in [3.05, 3.63) is 82.2 Å². The van der Waals surface area contributed by atoms with Gasteiger partial charge in [0.25, 0.3) is 0 Å². The van der Waals surface area contributed by atoms with Crippen LogP contribution >= 0.6 is 0 Å². The van der Waals surface area contributed by atoms with Crippen molar-refractivity contribution in [2.24, 2.45) is 5.11 Å². The minimum absolute atomic E-state index is 0.277. The Morgan fingerprint density at radius 3 is 2.50 bits per heavy atom. The molecule has 0 amide bonds. The lowest BCUT2D eigenvalue weighted by Gasteiger charge is -2.47. The number of nitrogens with zero attached hydrogens (tertiary/aromatic N) is 3. The summed E-state index contributed by atoms with van der Waals surface area (Å²) in [7, 11) is 0. The van der Waals surface area contributed by atoms with Crippen LogP contribution in [0.1, 0.15) is 36.7 Å². The van der Waals surface area contributed by atoms with Gasteiger partial charge in [0.15, 0.2) is 12.6 Å². The van der Waals surface area contributed by atoms with Gasteiger partial charge >= 0.3 is 0 Å². The summed E-state index contributed by atoms with van der Waals surface area (Å²) in [5, 5.41) is 14.8. The molecule has 34 heavy (non-hydrogen) atoms. The second-order valence-corrected chi connectivity index (χ2v) is 8.36. The number of aliphatic hydroxyl groups is 1. The number of benzene rings is 2. The molecule has 0 radical (unpaired) electrons. The summed E-state index contributed by atoms with van der Waals surface area (Å²) < 4.78 is 30.3. The molecule has 0 saturated carbocycles. The van der Waals surface area contributed by atoms with Crippen LogP contribution in [0.2, 0.25) is 0 Å². The Hall–Kier alpha value is -2.49. The van der Waals surface area contributed by atoms with Crippen LogP contribution in [0.15, 0.2) is 65.8 Å². The number of aliphatic hydroxyl groups excluding tert-OH is 1. The predicted molar refractivity (Wildman–Crippen MR) is 124 cm³/mol. The zero-order valence-electron chi connectivity index (χ0n) is 19.0. The highest BCUT2D eigenvalue weighted by atomic mass is 16.8. The molecule has 6 atom stereocenters. The first-order valence-electron chi connectivity index (χ1n) is 11.7. The summed E-state index contributed by atoms with van der Waals surface area (Å²) >= 11 is 0. The molecule has 4 rings (SSSR count). The van der Waals surface area contributed by atoms with Gasteiger partial charge in [-0.3, -0.25) is 0 Å². The number of fused-ring (bicyclic) bond motifs is 1. The topological polar surface area (TPSA) is 115 Å². The lowest BCUT2D eigenvalue weighted by atomic mass is 9.97. The highest BCUT2D eigenvalue weighted by molar-refractivity contribution is 5.17. The van der Waals surface area contributed by atoms with Gasteiger partial charge in [-0.2, -0.15) is 0 Å². The first-order valence-corrected chi connectivity index (χ1v) is 11.7. The molecule has 0 spiro atoms. The van der Waals surface area contributed by atoms with Crippen molar-refractivity contribution in [1.29, 1.82) is 0 Å². The van der Waals surface area contributed by atoms with Crippen molar-refractivity contribution in [1.82, 2.24) is 0 Å². The monoisotopic (exact) mass is 469 g/mol. The third-order valence-corrected chi connectivity index (χ3v) is 5.91. The average Bonchev–Trinajstić information content (AvgIpc) is 2.89. The maximum Gasteiger partial charge on any atom is 0.186 e. The molecule has 2 fully saturated rings. The molecule has 9 heteroatoms. The Bertz CT molecular complexity index is 911. The molecule has 0 bridgehead atoms. The summed E-state index contributed by atoms with van der Waals surface area (Å²) in [4.78, 5) is 2.76. The van der Waals surface area contributed by atoms with E-state index in [1.807, 2.05) is 60.7 Å². The molecule has 2 aliphatic heterocycles. The van der Waals surface area contributed by atoms with Gasteiger partial charge in [-0.15, -0.1) is 0 Å². The molecule has 0 aromatic heterocycles. The van der Waals surface area contributed by atoms with E-state index in [1.165, 1.54) is 0 Å². The smallest absolute Gasteiger partial charge is 0.186 e. The van der Waals surface area contributed by atoms with E-state index in [0.717, 1.165) is 30.4 Å². The Balaban J connectivity index is 1.39. The van der Waals surface area contributed by atoms with Crippen LogP contribution in [0.5, 0.6) is 0 Å². The number of azide groups is 1. The van der Waals surface area contributed by atoms with Crippen molar-refractivity contribution >= 4 is 0 Å². The van der Waals surface area contributed by atoms with Gasteiger partial charge in [0.1, 0.15) is 24.4 Å². The van der Waals surface area contributed by atoms with Gasteiger partial charge in [-0.25, -0.2) is 0 Å². The van der Waals surface area contributed by atoms with Crippen molar-refractivity contribution in [2.45, 2.75) is 62.9 Å². The molecule has 0 aliphatic carbocycles. The second kappa shape index (κ2) is 12.8. The summed E-state index contributed by atoms with van der Waals surface area (Å²) in [6.45, 7) is 1.50. The van der Waals surface area contributed by atoms with E-state index in [1.54, 1.807) is 0 Å². The normalized spacial score (nSPS) is 28.6. The number of hydrogen-bond acceptors (Lipinski definition) is 7. The van der Waals surface area contributed by atoms with Gasteiger partial charge in [-0.05, 0) is 23.9 Å². The summed E-state index contributed by atoms with van der Waals surface area (Å²) in [6.07, 6.45) is -1.65. The Morgan fingerprint density at radius 2 is 1.74 bits per heavy atom. The SMILES string of the molecule is [N-]=[N+]=NCCCCCO[C@@H]1O[C@@H]2CO[C@@H](c3ccccc3)O[C@H]2[C@H](O)[C@H]1OCc1ccccc1. The number of hydrogen-bond donors (Lipinski definition) is 1. The molecule has 2 heterocycles. The number of unbranched alkanes of at least 4 members (excludes halogenated alkanes) is 2. The highest BCUT2D eigenvalue weighted by Gasteiger charge is 2.50. The Kier molecular flexibility index (Phi) is 9.29. The van der Waals surface area contributed by atoms with Crippen LogP contribution in [0.3, 0.4) is 0 Å². The standard InChI is InChI=1S/C25H31N3O6/c26-28-27-14-8-3-9-15-30-25-23(31-16-18-10-4-1-5-11-18)21(29)22-20(33-25)17-32-24(34-22)19-12-6-2-7-13-19/h1-2,4-7,10-13,20-25,29H,3,8-9,14-17H2/t20-,21+,22-,23-,24-,25-/m1/s1. The van der Waals surface area contributed by atoms with Crippen LogP contribution in [-0.2, 0) is 30.3 Å². The molecule has 2 aromatic rings. The van der Waals surface area contributed by atoms with E-state index in [0.29, 0.717) is 19.8 Å². The fraction of sp³-hybridized carbons (Fsp3) is 0.520. The second-order valence-electron chi connectivity index (χ2n) is 8.36. The molecule has 2 saturated heterocycles. The van der Waals surface area contributed by atoms with Gasteiger partial charge in [-0.1, -0.05) is 72.2 Å².